The van der Waals surface area contributed by atoms with Crippen molar-refractivity contribution in [2.75, 3.05) is 14.1 Å². The standard InChI is InChI=1S/C25H25N5O2.C3H8/c1-15-6-8-18(9-7-15)14-21-28-29-24(32-21)22-16(2)17(3)26-23(27-22)19-10-12-20(13-11-19)25(31)30(4)5;1-3-2/h6-13H,3,14H2,1-2,4-5H3,(H,26,27);3H2,1-2H3. The zero-order valence-electron chi connectivity index (χ0n) is 21.3. The molecular formula is C28H33N5O2. The van der Waals surface area contributed by atoms with Crippen LogP contribution in [0.15, 0.2) is 75.8 Å². The molecule has 2 heterocycles. The molecule has 7 heteroatoms. The largest absolute Gasteiger partial charge is 0.419 e. The van der Waals surface area contributed by atoms with Gasteiger partial charge in [0.15, 0.2) is 0 Å². The molecular weight excluding hydrogens is 438 g/mol. The van der Waals surface area contributed by atoms with Gasteiger partial charge in [-0.15, -0.1) is 10.2 Å². The summed E-state index contributed by atoms with van der Waals surface area (Å²) in [5.41, 5.74) is 5.86. The van der Waals surface area contributed by atoms with Gasteiger partial charge in [0.2, 0.25) is 5.89 Å². The van der Waals surface area contributed by atoms with E-state index >= 15 is 0 Å². The van der Waals surface area contributed by atoms with Crippen molar-refractivity contribution in [1.82, 2.24) is 20.4 Å². The second-order valence-electron chi connectivity index (χ2n) is 8.68. The van der Waals surface area contributed by atoms with Gasteiger partial charge in [0, 0.05) is 36.5 Å². The van der Waals surface area contributed by atoms with Crippen LogP contribution < -0.4 is 5.32 Å². The van der Waals surface area contributed by atoms with Crippen LogP contribution in [-0.2, 0) is 6.42 Å². The molecule has 1 N–H and O–H groups in total. The molecule has 0 saturated carbocycles. The summed E-state index contributed by atoms with van der Waals surface area (Å²) >= 11 is 0. The molecule has 1 aromatic heterocycles. The van der Waals surface area contributed by atoms with Crippen molar-refractivity contribution in [3.63, 3.8) is 0 Å². The van der Waals surface area contributed by atoms with Gasteiger partial charge < -0.3 is 14.6 Å². The molecule has 1 aliphatic rings. The van der Waals surface area contributed by atoms with Crippen LogP contribution in [0.2, 0.25) is 0 Å². The Morgan fingerprint density at radius 2 is 1.63 bits per heavy atom. The minimum absolute atomic E-state index is 0.0529. The summed E-state index contributed by atoms with van der Waals surface area (Å²) in [7, 11) is 3.45. The van der Waals surface area contributed by atoms with Gasteiger partial charge in [0.1, 0.15) is 11.5 Å². The molecule has 1 aliphatic heterocycles. The van der Waals surface area contributed by atoms with Crippen molar-refractivity contribution in [2.24, 2.45) is 4.99 Å². The molecule has 0 bridgehead atoms. The Hall–Kier alpha value is -4.00. The molecule has 0 saturated heterocycles. The molecule has 182 valence electrons. The van der Waals surface area contributed by atoms with Gasteiger partial charge in [0.25, 0.3) is 11.8 Å². The van der Waals surface area contributed by atoms with Crippen LogP contribution >= 0.6 is 0 Å². The second kappa shape index (κ2) is 11.4. The van der Waals surface area contributed by atoms with E-state index in [-0.39, 0.29) is 5.91 Å². The van der Waals surface area contributed by atoms with Crippen molar-refractivity contribution >= 4 is 17.4 Å². The van der Waals surface area contributed by atoms with E-state index in [1.54, 1.807) is 31.1 Å². The fourth-order valence-electron chi connectivity index (χ4n) is 3.28. The van der Waals surface area contributed by atoms with Crippen molar-refractivity contribution in [3.05, 3.63) is 100 Å². The molecule has 0 spiro atoms. The third-order valence-corrected chi connectivity index (χ3v) is 5.26. The van der Waals surface area contributed by atoms with E-state index in [0.29, 0.717) is 41.0 Å². The molecule has 4 rings (SSSR count). The fourth-order valence-corrected chi connectivity index (χ4v) is 3.28. The Labute approximate surface area is 207 Å². The van der Waals surface area contributed by atoms with Gasteiger partial charge in [-0.25, -0.2) is 4.99 Å². The molecule has 2 aromatic carbocycles. The monoisotopic (exact) mass is 471 g/mol. The number of benzene rings is 2. The summed E-state index contributed by atoms with van der Waals surface area (Å²) in [6.45, 7) is 12.3. The molecule has 1 amide bonds. The molecule has 35 heavy (non-hydrogen) atoms. The van der Waals surface area contributed by atoms with Crippen LogP contribution in [0.25, 0.3) is 5.70 Å². The summed E-state index contributed by atoms with van der Waals surface area (Å²) in [6.07, 6.45) is 1.80. The zero-order valence-corrected chi connectivity index (χ0v) is 21.3. The average Bonchev–Trinajstić information content (AvgIpc) is 3.30. The zero-order chi connectivity index (χ0) is 25.5. The number of rotatable bonds is 5. The van der Waals surface area contributed by atoms with Gasteiger partial charge in [-0.3, -0.25) is 4.79 Å². The first kappa shape index (κ1) is 25.6. The fraction of sp³-hybridized carbons (Fsp3) is 0.286. The highest BCUT2D eigenvalue weighted by Gasteiger charge is 2.22. The van der Waals surface area contributed by atoms with Crippen molar-refractivity contribution in [1.29, 1.82) is 0 Å². The number of aliphatic imine (C=N–C) groups is 1. The van der Waals surface area contributed by atoms with Crippen molar-refractivity contribution in [2.45, 2.75) is 40.5 Å². The number of carbonyl (C=O) groups is 1. The van der Waals surface area contributed by atoms with Crippen LogP contribution in [0.5, 0.6) is 0 Å². The van der Waals surface area contributed by atoms with E-state index in [2.05, 4.69) is 67.1 Å². The second-order valence-corrected chi connectivity index (χ2v) is 8.68. The van der Waals surface area contributed by atoms with Crippen molar-refractivity contribution < 1.29 is 9.21 Å². The molecule has 0 radical (unpaired) electrons. The van der Waals surface area contributed by atoms with Gasteiger partial charge >= 0.3 is 0 Å². The highest BCUT2D eigenvalue weighted by Crippen LogP contribution is 2.27. The maximum absolute atomic E-state index is 12.1. The number of aromatic nitrogens is 2. The number of nitrogens with zero attached hydrogens (tertiary/aromatic N) is 4. The first-order valence-electron chi connectivity index (χ1n) is 11.7. The van der Waals surface area contributed by atoms with E-state index in [0.717, 1.165) is 16.7 Å². The topological polar surface area (TPSA) is 83.6 Å². The number of hydrogen-bond acceptors (Lipinski definition) is 6. The maximum Gasteiger partial charge on any atom is 0.266 e. The number of carbonyl (C=O) groups excluding carboxylic acids is 1. The minimum Gasteiger partial charge on any atom is -0.419 e. The minimum atomic E-state index is -0.0529. The summed E-state index contributed by atoms with van der Waals surface area (Å²) in [5, 5.41) is 11.6. The van der Waals surface area contributed by atoms with Crippen LogP contribution in [-0.4, -0.2) is 40.9 Å². The van der Waals surface area contributed by atoms with Crippen LogP contribution in [0, 0.1) is 6.92 Å². The summed E-state index contributed by atoms with van der Waals surface area (Å²) in [4.78, 5) is 18.4. The lowest BCUT2D eigenvalue weighted by Crippen LogP contribution is -2.28. The molecule has 0 unspecified atom stereocenters. The SMILES string of the molecule is C=C1NC(c2ccc(C(=O)N(C)C)cc2)=NC(c2nnc(Cc3ccc(C)cc3)o2)=C1C.CCC. The summed E-state index contributed by atoms with van der Waals surface area (Å²) < 4.78 is 5.93. The third kappa shape index (κ3) is 6.32. The maximum atomic E-state index is 12.1. The van der Waals surface area contributed by atoms with Crippen LogP contribution in [0.4, 0.5) is 0 Å². The first-order valence-corrected chi connectivity index (χ1v) is 11.7. The van der Waals surface area contributed by atoms with Crippen molar-refractivity contribution in [3.8, 4) is 0 Å². The number of amidine groups is 1. The van der Waals surface area contributed by atoms with Gasteiger partial charge in [-0.1, -0.05) is 68.8 Å². The number of amides is 1. The Morgan fingerprint density at radius 3 is 2.23 bits per heavy atom. The van der Waals surface area contributed by atoms with Gasteiger partial charge in [0.05, 0.1) is 6.42 Å². The van der Waals surface area contributed by atoms with Gasteiger partial charge in [-0.2, -0.15) is 0 Å². The Morgan fingerprint density at radius 1 is 1.00 bits per heavy atom. The number of nitrogens with one attached hydrogen (secondary N) is 1. The predicted octanol–water partition coefficient (Wildman–Crippen LogP) is 5.38. The molecule has 7 nitrogen and oxygen atoms in total. The van der Waals surface area contributed by atoms with Crippen LogP contribution in [0.3, 0.4) is 0 Å². The van der Waals surface area contributed by atoms with E-state index in [1.165, 1.54) is 12.0 Å². The highest BCUT2D eigenvalue weighted by molar-refractivity contribution is 6.05. The Bertz CT molecular complexity index is 1250. The average molecular weight is 472 g/mol. The first-order chi connectivity index (χ1) is 16.7. The predicted molar refractivity (Wildman–Crippen MR) is 140 cm³/mol. The Balaban J connectivity index is 0.00000108. The lowest BCUT2D eigenvalue weighted by molar-refractivity contribution is 0.0827. The Kier molecular flexibility index (Phi) is 8.36. The van der Waals surface area contributed by atoms with E-state index < -0.39 is 0 Å². The normalized spacial score (nSPS) is 13.0. The molecule has 0 atom stereocenters. The quantitative estimate of drug-likeness (QED) is 0.540. The highest BCUT2D eigenvalue weighted by atomic mass is 16.4. The van der Waals surface area contributed by atoms with E-state index in [1.807, 2.05) is 19.1 Å². The lowest BCUT2D eigenvalue weighted by Gasteiger charge is -2.20. The molecule has 3 aromatic rings. The molecule has 0 aliphatic carbocycles. The lowest BCUT2D eigenvalue weighted by atomic mass is 10.1. The van der Waals surface area contributed by atoms with E-state index in [4.69, 9.17) is 9.41 Å². The van der Waals surface area contributed by atoms with Gasteiger partial charge in [-0.05, 0) is 31.5 Å². The number of hydrogen-bond donors (Lipinski definition) is 1. The smallest absolute Gasteiger partial charge is 0.266 e. The van der Waals surface area contributed by atoms with Crippen LogP contribution in [0.1, 0.15) is 66.0 Å². The summed E-state index contributed by atoms with van der Waals surface area (Å²) in [5.74, 6) is 1.43. The number of aryl methyl sites for hydroxylation is 1. The third-order valence-electron chi connectivity index (χ3n) is 5.26. The number of allylic oxidation sites excluding steroid dienone is 1. The van der Waals surface area contributed by atoms with E-state index in [9.17, 15) is 4.79 Å². The summed E-state index contributed by atoms with van der Waals surface area (Å²) in [6, 6.07) is 15.5. The molecule has 0 fully saturated rings.